The molecule has 1 saturated carbocycles. The van der Waals surface area contributed by atoms with Crippen LogP contribution in [-0.4, -0.2) is 30.8 Å². The van der Waals surface area contributed by atoms with Gasteiger partial charge in [-0.3, -0.25) is 0 Å². The van der Waals surface area contributed by atoms with E-state index in [-0.39, 0.29) is 12.0 Å². The molecule has 2 fully saturated rings. The lowest BCUT2D eigenvalue weighted by molar-refractivity contribution is -0.132. The predicted octanol–water partition coefficient (Wildman–Crippen LogP) is 3.84. The summed E-state index contributed by atoms with van der Waals surface area (Å²) in [6.07, 6.45) is 6.19. The number of aliphatic carboxylic acids is 1. The van der Waals surface area contributed by atoms with E-state index >= 15 is 0 Å². The molecule has 2 aliphatic rings. The summed E-state index contributed by atoms with van der Waals surface area (Å²) in [5.74, 6) is 0.994. The van der Waals surface area contributed by atoms with Gasteiger partial charge in [0.25, 0.3) is 0 Å². The number of carboxylic acid groups (broad SMARTS) is 1. The monoisotopic (exact) mass is 345 g/mol. The van der Waals surface area contributed by atoms with Gasteiger partial charge in [0, 0.05) is 18.2 Å². The molecule has 3 rings (SSSR count). The molecule has 1 aliphatic heterocycles. The molecule has 25 heavy (non-hydrogen) atoms. The fourth-order valence-corrected chi connectivity index (χ4v) is 3.82. The first-order valence-corrected chi connectivity index (χ1v) is 9.16. The third kappa shape index (κ3) is 3.91. The van der Waals surface area contributed by atoms with E-state index in [0.717, 1.165) is 48.6 Å². The van der Waals surface area contributed by atoms with Crippen molar-refractivity contribution in [1.29, 1.82) is 0 Å². The normalized spacial score (nSPS) is 22.6. The van der Waals surface area contributed by atoms with Crippen molar-refractivity contribution in [2.45, 2.75) is 57.5 Å². The number of nitrogens with one attached hydrogen (secondary N) is 1. The molecule has 1 aliphatic carbocycles. The lowest BCUT2D eigenvalue weighted by Crippen LogP contribution is -2.13. The van der Waals surface area contributed by atoms with E-state index in [4.69, 9.17) is 9.47 Å². The first kappa shape index (κ1) is 17.6. The summed E-state index contributed by atoms with van der Waals surface area (Å²) < 4.78 is 11.6. The van der Waals surface area contributed by atoms with Crippen LogP contribution in [0.15, 0.2) is 29.5 Å². The average molecular weight is 345 g/mol. The van der Waals surface area contributed by atoms with Crippen molar-refractivity contribution in [3.8, 4) is 11.5 Å². The number of hydrogen-bond acceptors (Lipinski definition) is 4. The lowest BCUT2D eigenvalue weighted by Gasteiger charge is -2.18. The molecule has 5 nitrogen and oxygen atoms in total. The number of carboxylic acids is 1. The Kier molecular flexibility index (Phi) is 5.51. The molecule has 1 aromatic rings. The molecule has 0 radical (unpaired) electrons. The van der Waals surface area contributed by atoms with Gasteiger partial charge in [0.05, 0.1) is 18.8 Å². The molecule has 0 amide bonds. The number of rotatable bonds is 6. The number of ether oxygens (including phenoxy) is 2. The van der Waals surface area contributed by atoms with Gasteiger partial charge in [-0.2, -0.15) is 0 Å². The fraction of sp³-hybridized carbons (Fsp3) is 0.550. The molecular formula is C20H27NO4. The molecule has 1 saturated heterocycles. The van der Waals surface area contributed by atoms with E-state index in [1.165, 1.54) is 12.8 Å². The summed E-state index contributed by atoms with van der Waals surface area (Å²) in [6, 6.07) is 6.08. The van der Waals surface area contributed by atoms with Crippen molar-refractivity contribution < 1.29 is 19.4 Å². The highest BCUT2D eigenvalue weighted by Gasteiger charge is 2.26. The Morgan fingerprint density at radius 3 is 2.68 bits per heavy atom. The van der Waals surface area contributed by atoms with Crippen LogP contribution in [0.2, 0.25) is 0 Å². The largest absolute Gasteiger partial charge is 0.493 e. The second kappa shape index (κ2) is 7.81. The Morgan fingerprint density at radius 1 is 1.28 bits per heavy atom. The van der Waals surface area contributed by atoms with Crippen LogP contribution >= 0.6 is 0 Å². The first-order chi connectivity index (χ1) is 12.1. The Labute approximate surface area is 149 Å². The third-order valence-corrected chi connectivity index (χ3v) is 5.24. The summed E-state index contributed by atoms with van der Waals surface area (Å²) in [6.45, 7) is 2.63. The quantitative estimate of drug-likeness (QED) is 0.767. The van der Waals surface area contributed by atoms with Crippen LogP contribution in [0.4, 0.5) is 0 Å². The topological polar surface area (TPSA) is 67.8 Å². The summed E-state index contributed by atoms with van der Waals surface area (Å²) in [5.41, 5.74) is 2.50. The Hall–Kier alpha value is -2.17. The Bertz CT molecular complexity index is 662. The number of benzene rings is 1. The molecular weight excluding hydrogens is 318 g/mol. The van der Waals surface area contributed by atoms with E-state index in [9.17, 15) is 9.90 Å². The molecule has 2 N–H and O–H groups in total. The minimum absolute atomic E-state index is 0.257. The molecule has 1 heterocycles. The van der Waals surface area contributed by atoms with Gasteiger partial charge in [-0.1, -0.05) is 13.0 Å². The van der Waals surface area contributed by atoms with E-state index in [1.54, 1.807) is 7.11 Å². The van der Waals surface area contributed by atoms with Gasteiger partial charge in [-0.15, -0.1) is 0 Å². The summed E-state index contributed by atoms with van der Waals surface area (Å²) in [4.78, 5) is 11.4. The van der Waals surface area contributed by atoms with Crippen LogP contribution in [-0.2, 0) is 4.79 Å². The predicted molar refractivity (Wildman–Crippen MR) is 96.2 cm³/mol. The van der Waals surface area contributed by atoms with Crippen LogP contribution in [0.25, 0.3) is 0 Å². The third-order valence-electron chi connectivity index (χ3n) is 5.24. The molecule has 136 valence electrons. The molecule has 1 atom stereocenters. The standard InChI is InChI=1S/C20H27NO4/c1-3-16(20(22)23)17-10-14(12-21-17)13-8-9-18(24-2)19(11-13)25-15-6-4-5-7-15/h8-9,11,14-15,21H,3-7,10,12H2,1-2H3,(H,22,23). The molecule has 1 aromatic carbocycles. The highest BCUT2D eigenvalue weighted by Crippen LogP contribution is 2.37. The van der Waals surface area contributed by atoms with Crippen molar-refractivity contribution in [3.05, 3.63) is 35.0 Å². The van der Waals surface area contributed by atoms with Crippen molar-refractivity contribution in [1.82, 2.24) is 5.32 Å². The number of hydrogen-bond donors (Lipinski definition) is 2. The number of allylic oxidation sites excluding steroid dienone is 1. The van der Waals surface area contributed by atoms with Crippen LogP contribution in [0, 0.1) is 0 Å². The maximum atomic E-state index is 11.4. The highest BCUT2D eigenvalue weighted by atomic mass is 16.5. The SMILES string of the molecule is CCC(C(=O)O)=C1CC(c2ccc(OC)c(OC3CCCC3)c2)CN1. The van der Waals surface area contributed by atoms with Gasteiger partial charge in [-0.25, -0.2) is 4.79 Å². The second-order valence-corrected chi connectivity index (χ2v) is 6.83. The zero-order chi connectivity index (χ0) is 17.8. The lowest BCUT2D eigenvalue weighted by atomic mass is 9.95. The first-order valence-electron chi connectivity index (χ1n) is 9.16. The zero-order valence-electron chi connectivity index (χ0n) is 15.0. The Morgan fingerprint density at radius 2 is 2.04 bits per heavy atom. The minimum Gasteiger partial charge on any atom is -0.493 e. The maximum absolute atomic E-state index is 11.4. The molecule has 5 heteroatoms. The van der Waals surface area contributed by atoms with Gasteiger partial charge < -0.3 is 19.9 Å². The number of carbonyl (C=O) groups is 1. The second-order valence-electron chi connectivity index (χ2n) is 6.83. The highest BCUT2D eigenvalue weighted by molar-refractivity contribution is 5.87. The summed E-state index contributed by atoms with van der Waals surface area (Å²) in [5, 5.41) is 12.6. The van der Waals surface area contributed by atoms with Crippen LogP contribution in [0.3, 0.4) is 0 Å². The minimum atomic E-state index is -0.828. The summed E-state index contributed by atoms with van der Waals surface area (Å²) in [7, 11) is 1.66. The van der Waals surface area contributed by atoms with Crippen LogP contribution in [0.1, 0.15) is 56.9 Å². The van der Waals surface area contributed by atoms with Crippen molar-refractivity contribution >= 4 is 5.97 Å². The van der Waals surface area contributed by atoms with Gasteiger partial charge in [-0.05, 0) is 56.2 Å². The van der Waals surface area contributed by atoms with E-state index in [0.29, 0.717) is 12.0 Å². The van der Waals surface area contributed by atoms with E-state index in [2.05, 4.69) is 17.4 Å². The fourth-order valence-electron chi connectivity index (χ4n) is 3.82. The van der Waals surface area contributed by atoms with E-state index < -0.39 is 5.97 Å². The zero-order valence-corrected chi connectivity index (χ0v) is 15.0. The van der Waals surface area contributed by atoms with Gasteiger partial charge in [0.1, 0.15) is 0 Å². The average Bonchev–Trinajstić information content (AvgIpc) is 3.27. The van der Waals surface area contributed by atoms with Gasteiger partial charge in [0.15, 0.2) is 11.5 Å². The Balaban J connectivity index is 1.79. The van der Waals surface area contributed by atoms with Crippen LogP contribution in [0.5, 0.6) is 11.5 Å². The van der Waals surface area contributed by atoms with Crippen molar-refractivity contribution in [2.24, 2.45) is 0 Å². The number of methoxy groups -OCH3 is 1. The molecule has 1 unspecified atom stereocenters. The van der Waals surface area contributed by atoms with Crippen LogP contribution < -0.4 is 14.8 Å². The molecule has 0 bridgehead atoms. The molecule has 0 spiro atoms. The summed E-state index contributed by atoms with van der Waals surface area (Å²) >= 11 is 0. The van der Waals surface area contributed by atoms with E-state index in [1.807, 2.05) is 13.0 Å². The van der Waals surface area contributed by atoms with Crippen molar-refractivity contribution in [2.75, 3.05) is 13.7 Å². The van der Waals surface area contributed by atoms with Gasteiger partial charge >= 0.3 is 5.97 Å². The van der Waals surface area contributed by atoms with Gasteiger partial charge in [0.2, 0.25) is 0 Å². The smallest absolute Gasteiger partial charge is 0.333 e. The molecule has 0 aromatic heterocycles. The van der Waals surface area contributed by atoms with Crippen molar-refractivity contribution in [3.63, 3.8) is 0 Å². The maximum Gasteiger partial charge on any atom is 0.333 e.